The zero-order valence-electron chi connectivity index (χ0n) is 13.2. The molecular formula is C15H34Si. The van der Waals surface area contributed by atoms with E-state index >= 15 is 0 Å². The Morgan fingerprint density at radius 2 is 1.31 bits per heavy atom. The van der Waals surface area contributed by atoms with E-state index in [-0.39, 0.29) is 0 Å². The number of hydrogen-bond acceptors (Lipinski definition) is 0. The lowest BCUT2D eigenvalue weighted by atomic mass is 9.71. The molecule has 0 N–H and O–H groups in total. The van der Waals surface area contributed by atoms with Crippen LogP contribution in [0, 0.1) is 16.7 Å². The van der Waals surface area contributed by atoms with Gasteiger partial charge in [0.1, 0.15) is 0 Å². The highest BCUT2D eigenvalue weighted by Gasteiger charge is 2.30. The van der Waals surface area contributed by atoms with Crippen LogP contribution in [0.4, 0.5) is 0 Å². The van der Waals surface area contributed by atoms with Gasteiger partial charge in [0.05, 0.1) is 0 Å². The van der Waals surface area contributed by atoms with Crippen LogP contribution >= 0.6 is 0 Å². The van der Waals surface area contributed by atoms with E-state index in [4.69, 9.17) is 0 Å². The molecule has 0 amide bonds. The van der Waals surface area contributed by atoms with Gasteiger partial charge in [0.2, 0.25) is 0 Å². The van der Waals surface area contributed by atoms with E-state index in [9.17, 15) is 0 Å². The molecule has 1 unspecified atom stereocenters. The molecule has 0 rings (SSSR count). The third-order valence-corrected chi connectivity index (χ3v) is 5.11. The average molecular weight is 243 g/mol. The summed E-state index contributed by atoms with van der Waals surface area (Å²) in [5.74, 6) is 0.874. The van der Waals surface area contributed by atoms with E-state index in [1.807, 2.05) is 0 Å². The topological polar surface area (TPSA) is 0 Å². The van der Waals surface area contributed by atoms with Crippen molar-refractivity contribution in [3.8, 4) is 0 Å². The van der Waals surface area contributed by atoms with Crippen molar-refractivity contribution in [3.63, 3.8) is 0 Å². The molecule has 0 heterocycles. The molecule has 1 heteroatoms. The second-order valence-electron chi connectivity index (χ2n) is 8.93. The molecule has 0 saturated heterocycles. The van der Waals surface area contributed by atoms with Crippen molar-refractivity contribution < 1.29 is 0 Å². The summed E-state index contributed by atoms with van der Waals surface area (Å²) in [6.07, 6.45) is 2.79. The first-order chi connectivity index (χ1) is 6.81. The fourth-order valence-corrected chi connectivity index (χ4v) is 3.40. The van der Waals surface area contributed by atoms with Crippen molar-refractivity contribution in [1.82, 2.24) is 0 Å². The summed E-state index contributed by atoms with van der Waals surface area (Å²) in [4.78, 5) is 0. The monoisotopic (exact) mass is 242 g/mol. The van der Waals surface area contributed by atoms with Gasteiger partial charge < -0.3 is 0 Å². The molecule has 0 spiro atoms. The first-order valence-electron chi connectivity index (χ1n) is 6.81. The minimum atomic E-state index is -0.874. The zero-order chi connectivity index (χ0) is 13.2. The normalized spacial score (nSPS) is 16.3. The minimum Gasteiger partial charge on any atom is -0.0695 e. The fourth-order valence-electron chi connectivity index (χ4n) is 2.19. The smallest absolute Gasteiger partial charge is 0.0442 e. The Morgan fingerprint density at radius 1 is 0.875 bits per heavy atom. The third kappa shape index (κ3) is 8.38. The van der Waals surface area contributed by atoms with Crippen molar-refractivity contribution in [2.24, 2.45) is 16.7 Å². The molecule has 0 aromatic carbocycles. The maximum Gasteiger partial charge on any atom is 0.0442 e. The van der Waals surface area contributed by atoms with Crippen LogP contribution in [-0.4, -0.2) is 8.07 Å². The summed E-state index contributed by atoms with van der Waals surface area (Å²) < 4.78 is 0. The molecule has 0 fully saturated rings. The molecule has 0 radical (unpaired) electrons. The van der Waals surface area contributed by atoms with Gasteiger partial charge in [-0.2, -0.15) is 0 Å². The highest BCUT2D eigenvalue weighted by molar-refractivity contribution is 6.76. The molecule has 0 aromatic heterocycles. The van der Waals surface area contributed by atoms with Gasteiger partial charge in [-0.15, -0.1) is 0 Å². The van der Waals surface area contributed by atoms with Crippen LogP contribution in [0.15, 0.2) is 0 Å². The Bertz CT molecular complexity index is 197. The van der Waals surface area contributed by atoms with Gasteiger partial charge in [-0.05, 0) is 23.2 Å². The highest BCUT2D eigenvalue weighted by Crippen LogP contribution is 2.39. The summed E-state index contributed by atoms with van der Waals surface area (Å²) >= 11 is 0. The molecule has 0 aliphatic heterocycles. The standard InChI is InChI=1S/C15H34Si/c1-14(2,3)12-13(15(4,5)6)10-11-16(7,8)9/h13H,10-12H2,1-9H3. The summed E-state index contributed by atoms with van der Waals surface area (Å²) in [7, 11) is -0.874. The lowest BCUT2D eigenvalue weighted by Crippen LogP contribution is -2.29. The molecule has 0 bridgehead atoms. The van der Waals surface area contributed by atoms with Crippen LogP contribution < -0.4 is 0 Å². The Balaban J connectivity index is 4.47. The second-order valence-corrected chi connectivity index (χ2v) is 14.5. The summed E-state index contributed by atoms with van der Waals surface area (Å²) in [5.41, 5.74) is 0.935. The summed E-state index contributed by atoms with van der Waals surface area (Å²) in [6, 6.07) is 1.48. The Morgan fingerprint density at radius 3 is 1.56 bits per heavy atom. The van der Waals surface area contributed by atoms with E-state index in [1.54, 1.807) is 0 Å². The third-order valence-electron chi connectivity index (χ3n) is 3.33. The van der Waals surface area contributed by atoms with E-state index in [2.05, 4.69) is 61.2 Å². The van der Waals surface area contributed by atoms with Crippen molar-refractivity contribution in [3.05, 3.63) is 0 Å². The molecule has 16 heavy (non-hydrogen) atoms. The van der Waals surface area contributed by atoms with E-state index < -0.39 is 8.07 Å². The Kier molecular flexibility index (Phi) is 5.32. The number of hydrogen-bond donors (Lipinski definition) is 0. The summed E-state index contributed by atoms with van der Waals surface area (Å²) in [6.45, 7) is 21.8. The van der Waals surface area contributed by atoms with Gasteiger partial charge in [0.25, 0.3) is 0 Å². The second kappa shape index (κ2) is 5.24. The van der Waals surface area contributed by atoms with Crippen LogP contribution in [-0.2, 0) is 0 Å². The van der Waals surface area contributed by atoms with Crippen LogP contribution in [0.1, 0.15) is 54.4 Å². The van der Waals surface area contributed by atoms with Crippen LogP contribution in [0.2, 0.25) is 25.7 Å². The SMILES string of the molecule is CC(C)(C)CC(CC[Si](C)(C)C)C(C)(C)C. The Labute approximate surface area is 105 Å². The minimum absolute atomic E-state index is 0.465. The van der Waals surface area contributed by atoms with E-state index in [1.165, 1.54) is 18.9 Å². The van der Waals surface area contributed by atoms with Crippen molar-refractivity contribution in [2.45, 2.75) is 80.1 Å². The highest BCUT2D eigenvalue weighted by atomic mass is 28.3. The molecule has 0 aromatic rings. The lowest BCUT2D eigenvalue weighted by Gasteiger charge is -2.37. The van der Waals surface area contributed by atoms with Crippen molar-refractivity contribution >= 4 is 8.07 Å². The first-order valence-corrected chi connectivity index (χ1v) is 10.5. The molecule has 0 nitrogen and oxygen atoms in total. The van der Waals surface area contributed by atoms with Gasteiger partial charge in [0, 0.05) is 8.07 Å². The average Bonchev–Trinajstić information content (AvgIpc) is 1.91. The van der Waals surface area contributed by atoms with Gasteiger partial charge in [0.15, 0.2) is 0 Å². The van der Waals surface area contributed by atoms with Gasteiger partial charge in [-0.1, -0.05) is 73.6 Å². The molecule has 1 atom stereocenters. The largest absolute Gasteiger partial charge is 0.0695 e. The van der Waals surface area contributed by atoms with Gasteiger partial charge in [-0.3, -0.25) is 0 Å². The van der Waals surface area contributed by atoms with Gasteiger partial charge >= 0.3 is 0 Å². The zero-order valence-corrected chi connectivity index (χ0v) is 14.2. The maximum atomic E-state index is 2.49. The predicted octanol–water partition coefficient (Wildman–Crippen LogP) is 5.81. The Hall–Kier alpha value is 0.217. The predicted molar refractivity (Wildman–Crippen MR) is 79.8 cm³/mol. The van der Waals surface area contributed by atoms with Crippen molar-refractivity contribution in [2.75, 3.05) is 0 Å². The van der Waals surface area contributed by atoms with Crippen LogP contribution in [0.5, 0.6) is 0 Å². The van der Waals surface area contributed by atoms with Gasteiger partial charge in [-0.25, -0.2) is 0 Å². The van der Waals surface area contributed by atoms with E-state index in [0.717, 1.165) is 5.92 Å². The molecule has 0 aliphatic carbocycles. The first kappa shape index (κ1) is 16.2. The molecule has 0 saturated carbocycles. The molecule has 0 aliphatic rings. The maximum absolute atomic E-state index is 2.49. The number of rotatable bonds is 4. The van der Waals surface area contributed by atoms with Crippen LogP contribution in [0.3, 0.4) is 0 Å². The van der Waals surface area contributed by atoms with Crippen LogP contribution in [0.25, 0.3) is 0 Å². The molecule has 98 valence electrons. The lowest BCUT2D eigenvalue weighted by molar-refractivity contribution is 0.160. The summed E-state index contributed by atoms with van der Waals surface area (Å²) in [5, 5.41) is 0. The molecular weight excluding hydrogens is 208 g/mol. The fraction of sp³-hybridized carbons (Fsp3) is 1.00. The quantitative estimate of drug-likeness (QED) is 0.545. The van der Waals surface area contributed by atoms with Crippen molar-refractivity contribution in [1.29, 1.82) is 0 Å². The van der Waals surface area contributed by atoms with E-state index in [0.29, 0.717) is 10.8 Å².